The molecule has 2 aromatic carbocycles. The molecule has 2 heterocycles. The fourth-order valence-corrected chi connectivity index (χ4v) is 3.85. The monoisotopic (exact) mass is 407 g/mol. The fourth-order valence-electron chi connectivity index (χ4n) is 3.85. The van der Waals surface area contributed by atoms with Gasteiger partial charge >= 0.3 is 0 Å². The summed E-state index contributed by atoms with van der Waals surface area (Å²) in [7, 11) is 0. The summed E-state index contributed by atoms with van der Waals surface area (Å²) in [6, 6.07) is 18.2. The molecule has 156 valence electrons. The molecule has 1 amide bonds. The van der Waals surface area contributed by atoms with Gasteiger partial charge in [0.25, 0.3) is 5.91 Å². The number of nitrogens with one attached hydrogen (secondary N) is 1. The van der Waals surface area contributed by atoms with Crippen LogP contribution in [0.15, 0.2) is 60.7 Å². The molecule has 1 aromatic heterocycles. The zero-order valence-electron chi connectivity index (χ0n) is 17.1. The second-order valence-electron chi connectivity index (χ2n) is 7.39. The molecule has 0 bridgehead atoms. The topological polar surface area (TPSA) is 46.5 Å². The van der Waals surface area contributed by atoms with Crippen LogP contribution < -0.4 is 5.32 Å². The Balaban J connectivity index is 1.62. The van der Waals surface area contributed by atoms with Crippen molar-refractivity contribution in [3.8, 4) is 16.9 Å². The third-order valence-electron chi connectivity index (χ3n) is 5.47. The Morgan fingerprint density at radius 3 is 2.50 bits per heavy atom. The summed E-state index contributed by atoms with van der Waals surface area (Å²) in [6.07, 6.45) is 0. The molecule has 0 spiro atoms. The Labute approximate surface area is 176 Å². The second-order valence-corrected chi connectivity index (χ2v) is 7.39. The van der Waals surface area contributed by atoms with Gasteiger partial charge < -0.3 is 14.6 Å². The predicted molar refractivity (Wildman–Crippen MR) is 115 cm³/mol. The molecule has 6 heteroatoms. The van der Waals surface area contributed by atoms with Gasteiger partial charge in [-0.15, -0.1) is 0 Å². The number of nitrogens with zero attached hydrogens (tertiary/aromatic N) is 2. The van der Waals surface area contributed by atoms with Crippen molar-refractivity contribution in [2.75, 3.05) is 39.4 Å². The number of amides is 1. The van der Waals surface area contributed by atoms with Gasteiger partial charge in [0.1, 0.15) is 5.82 Å². The third kappa shape index (κ3) is 4.30. The van der Waals surface area contributed by atoms with Crippen molar-refractivity contribution < 1.29 is 13.9 Å². The highest BCUT2D eigenvalue weighted by Crippen LogP contribution is 2.30. The normalized spacial score (nSPS) is 14.6. The molecular formula is C24H26FN3O2. The molecule has 0 atom stereocenters. The minimum Gasteiger partial charge on any atom is -0.379 e. The van der Waals surface area contributed by atoms with E-state index >= 15 is 0 Å². The number of ether oxygens (including phenoxy) is 1. The van der Waals surface area contributed by atoms with Gasteiger partial charge in [-0.2, -0.15) is 0 Å². The first-order chi connectivity index (χ1) is 14.6. The highest BCUT2D eigenvalue weighted by molar-refractivity contribution is 5.97. The van der Waals surface area contributed by atoms with Gasteiger partial charge in [-0.25, -0.2) is 4.39 Å². The molecule has 0 aliphatic carbocycles. The van der Waals surface area contributed by atoms with E-state index in [0.717, 1.165) is 44.1 Å². The summed E-state index contributed by atoms with van der Waals surface area (Å²) in [6.45, 7) is 6.44. The zero-order chi connectivity index (χ0) is 20.9. The molecule has 5 nitrogen and oxygen atoms in total. The largest absolute Gasteiger partial charge is 0.379 e. The van der Waals surface area contributed by atoms with E-state index in [2.05, 4.69) is 10.2 Å². The van der Waals surface area contributed by atoms with Crippen LogP contribution in [0, 0.1) is 12.7 Å². The first-order valence-electron chi connectivity index (χ1n) is 10.3. The number of carbonyl (C=O) groups excluding carboxylic acids is 1. The van der Waals surface area contributed by atoms with E-state index in [1.807, 2.05) is 47.9 Å². The van der Waals surface area contributed by atoms with Gasteiger partial charge in [0.05, 0.1) is 30.2 Å². The minimum absolute atomic E-state index is 0.145. The summed E-state index contributed by atoms with van der Waals surface area (Å²) in [5.41, 5.74) is 3.41. The second kappa shape index (κ2) is 9.24. The predicted octanol–water partition coefficient (Wildman–Crippen LogP) is 3.65. The van der Waals surface area contributed by atoms with Crippen LogP contribution in [0.3, 0.4) is 0 Å². The summed E-state index contributed by atoms with van der Waals surface area (Å²) in [5.74, 6) is -0.472. The smallest absolute Gasteiger partial charge is 0.253 e. The standard InChI is InChI=1S/C24H26FN3O2/c1-18-20(24(29)26-11-12-27-13-15-30-16-14-27)17-23(19-7-3-2-4-8-19)28(18)22-10-6-5-9-21(22)25/h2-10,17H,11-16H2,1H3,(H,26,29). The van der Waals surface area contributed by atoms with E-state index in [9.17, 15) is 9.18 Å². The summed E-state index contributed by atoms with van der Waals surface area (Å²) in [5, 5.41) is 3.02. The van der Waals surface area contributed by atoms with Crippen molar-refractivity contribution in [2.45, 2.75) is 6.92 Å². The number of para-hydroxylation sites is 1. The maximum atomic E-state index is 14.6. The first-order valence-corrected chi connectivity index (χ1v) is 10.3. The van der Waals surface area contributed by atoms with Gasteiger partial charge in [0, 0.05) is 31.9 Å². The number of morpholine rings is 1. The van der Waals surface area contributed by atoms with Crippen LogP contribution in [-0.4, -0.2) is 54.8 Å². The molecule has 1 saturated heterocycles. The van der Waals surface area contributed by atoms with Crippen LogP contribution in [0.2, 0.25) is 0 Å². The van der Waals surface area contributed by atoms with Gasteiger partial charge in [0.2, 0.25) is 0 Å². The van der Waals surface area contributed by atoms with Crippen LogP contribution >= 0.6 is 0 Å². The van der Waals surface area contributed by atoms with Gasteiger partial charge in [0.15, 0.2) is 0 Å². The number of rotatable bonds is 6. The highest BCUT2D eigenvalue weighted by Gasteiger charge is 2.21. The molecule has 1 aliphatic heterocycles. The molecule has 1 N–H and O–H groups in total. The Morgan fingerprint density at radius 1 is 1.07 bits per heavy atom. The van der Waals surface area contributed by atoms with Crippen molar-refractivity contribution in [2.24, 2.45) is 0 Å². The van der Waals surface area contributed by atoms with E-state index in [4.69, 9.17) is 4.74 Å². The van der Waals surface area contributed by atoms with E-state index < -0.39 is 0 Å². The molecule has 4 rings (SSSR count). The van der Waals surface area contributed by atoms with E-state index in [-0.39, 0.29) is 11.7 Å². The van der Waals surface area contributed by atoms with E-state index in [0.29, 0.717) is 23.5 Å². The summed E-state index contributed by atoms with van der Waals surface area (Å²) in [4.78, 5) is 15.2. The summed E-state index contributed by atoms with van der Waals surface area (Å²) < 4.78 is 21.8. The van der Waals surface area contributed by atoms with Crippen molar-refractivity contribution in [3.63, 3.8) is 0 Å². The Hall–Kier alpha value is -2.96. The highest BCUT2D eigenvalue weighted by atomic mass is 19.1. The zero-order valence-corrected chi connectivity index (χ0v) is 17.1. The molecule has 3 aromatic rings. The lowest BCUT2D eigenvalue weighted by atomic mass is 10.1. The number of aromatic nitrogens is 1. The van der Waals surface area contributed by atoms with Crippen molar-refractivity contribution >= 4 is 5.91 Å². The van der Waals surface area contributed by atoms with Gasteiger partial charge in [-0.3, -0.25) is 9.69 Å². The molecule has 30 heavy (non-hydrogen) atoms. The average Bonchev–Trinajstić information content (AvgIpc) is 3.12. The van der Waals surface area contributed by atoms with Crippen LogP contribution in [0.25, 0.3) is 16.9 Å². The van der Waals surface area contributed by atoms with E-state index in [1.54, 1.807) is 18.2 Å². The Kier molecular flexibility index (Phi) is 6.26. The van der Waals surface area contributed by atoms with Crippen LogP contribution in [0.5, 0.6) is 0 Å². The van der Waals surface area contributed by atoms with Crippen molar-refractivity contribution in [1.82, 2.24) is 14.8 Å². The molecule has 1 aliphatic rings. The number of hydrogen-bond donors (Lipinski definition) is 1. The lowest BCUT2D eigenvalue weighted by Crippen LogP contribution is -2.41. The van der Waals surface area contributed by atoms with Crippen LogP contribution in [0.1, 0.15) is 16.1 Å². The minimum atomic E-state index is -0.326. The Bertz CT molecular complexity index is 1010. The SMILES string of the molecule is Cc1c(C(=O)NCCN2CCOCC2)cc(-c2ccccc2)n1-c1ccccc1F. The molecule has 0 unspecified atom stereocenters. The fraction of sp³-hybridized carbons (Fsp3) is 0.292. The molecular weight excluding hydrogens is 381 g/mol. The van der Waals surface area contributed by atoms with Crippen LogP contribution in [-0.2, 0) is 4.74 Å². The number of carbonyl (C=O) groups is 1. The third-order valence-corrected chi connectivity index (χ3v) is 5.47. The van der Waals surface area contributed by atoms with Crippen LogP contribution in [0.4, 0.5) is 4.39 Å². The Morgan fingerprint density at radius 2 is 1.77 bits per heavy atom. The maximum Gasteiger partial charge on any atom is 0.253 e. The number of benzene rings is 2. The molecule has 0 radical (unpaired) electrons. The quantitative estimate of drug-likeness (QED) is 0.679. The van der Waals surface area contributed by atoms with Gasteiger partial charge in [-0.05, 0) is 30.7 Å². The molecule has 0 saturated carbocycles. The van der Waals surface area contributed by atoms with Crippen molar-refractivity contribution in [3.05, 3.63) is 77.7 Å². The summed E-state index contributed by atoms with van der Waals surface area (Å²) >= 11 is 0. The number of halogens is 1. The van der Waals surface area contributed by atoms with Crippen molar-refractivity contribution in [1.29, 1.82) is 0 Å². The first kappa shape index (κ1) is 20.3. The number of hydrogen-bond acceptors (Lipinski definition) is 3. The van der Waals surface area contributed by atoms with E-state index in [1.165, 1.54) is 6.07 Å². The maximum absolute atomic E-state index is 14.6. The lowest BCUT2D eigenvalue weighted by Gasteiger charge is -2.26. The average molecular weight is 407 g/mol. The lowest BCUT2D eigenvalue weighted by molar-refractivity contribution is 0.0383. The van der Waals surface area contributed by atoms with Gasteiger partial charge in [-0.1, -0.05) is 42.5 Å². The molecule has 1 fully saturated rings.